The molecule has 0 aliphatic heterocycles. The van der Waals surface area contributed by atoms with E-state index in [9.17, 15) is 0 Å². The van der Waals surface area contributed by atoms with Crippen molar-refractivity contribution in [1.29, 1.82) is 5.26 Å². The molecule has 3 nitrogen and oxygen atoms in total. The first-order valence-electron chi connectivity index (χ1n) is 16.4. The first-order chi connectivity index (χ1) is 21.6. The van der Waals surface area contributed by atoms with E-state index in [-0.39, 0.29) is 5.41 Å². The van der Waals surface area contributed by atoms with E-state index in [4.69, 9.17) is 11.0 Å². The third-order valence-corrected chi connectivity index (χ3v) is 7.75. The number of para-hydroxylation sites is 1. The standard InChI is InChI=1S/C21H25N.C9H13N.C8H11N.C4H8/c1-4-13-21(3,14-5-2)20-11-9-18(10-12-20)19-8-6-7-17(15-19)16-22;1-7-4-8(2)6-9(5-7)10-3;1-2-7-5-3-4-6-8(7)9;1-3-4-2/h6-12,15H,4-5,13-14H2,1-3H3;4-6,10H,1-3H3;3-6H,2,9H2,1H3;3H,1,4H2,2H3. The zero-order valence-corrected chi connectivity index (χ0v) is 29.2. The first-order valence-corrected chi connectivity index (χ1v) is 16.4. The van der Waals surface area contributed by atoms with Crippen molar-refractivity contribution < 1.29 is 0 Å². The van der Waals surface area contributed by atoms with Crippen LogP contribution in [0.5, 0.6) is 0 Å². The average Bonchev–Trinajstić information content (AvgIpc) is 3.05. The Hall–Kier alpha value is -4.29. The number of nitrogens with one attached hydrogen (secondary N) is 1. The van der Waals surface area contributed by atoms with Crippen molar-refractivity contribution in [3.05, 3.63) is 131 Å². The minimum absolute atomic E-state index is 0.274. The molecular weight excluding hydrogens is 546 g/mol. The number of hydrogen-bond donors (Lipinski definition) is 2. The fraction of sp³-hybridized carbons (Fsp3) is 0.357. The van der Waals surface area contributed by atoms with Crippen molar-refractivity contribution in [3.63, 3.8) is 0 Å². The van der Waals surface area contributed by atoms with Crippen LogP contribution >= 0.6 is 0 Å². The van der Waals surface area contributed by atoms with E-state index in [0.717, 1.165) is 24.1 Å². The first kappa shape index (κ1) is 38.7. The molecule has 0 atom stereocenters. The highest BCUT2D eigenvalue weighted by Gasteiger charge is 2.24. The third-order valence-electron chi connectivity index (χ3n) is 7.75. The number of allylic oxidation sites excluding steroid dienone is 1. The SMILES string of the molecule is C=CCC.CCCC(C)(CCC)c1ccc(-c2cccc(C#N)c2)cc1.CCc1ccccc1N.CNc1cc(C)cc(C)c1. The maximum atomic E-state index is 9.03. The van der Waals surface area contributed by atoms with Gasteiger partial charge in [0.25, 0.3) is 0 Å². The van der Waals surface area contributed by atoms with Gasteiger partial charge in [-0.3, -0.25) is 0 Å². The number of rotatable bonds is 9. The fourth-order valence-corrected chi connectivity index (χ4v) is 5.33. The monoisotopic (exact) mass is 603 g/mol. The molecule has 0 aliphatic rings. The maximum Gasteiger partial charge on any atom is 0.0991 e. The average molecular weight is 604 g/mol. The second kappa shape index (κ2) is 21.4. The molecule has 240 valence electrons. The summed E-state index contributed by atoms with van der Waals surface area (Å²) in [4.78, 5) is 0. The van der Waals surface area contributed by atoms with Gasteiger partial charge in [-0.15, -0.1) is 6.58 Å². The normalized spacial score (nSPS) is 10.0. The van der Waals surface area contributed by atoms with Crippen molar-refractivity contribution in [1.82, 2.24) is 0 Å². The van der Waals surface area contributed by atoms with Gasteiger partial charge < -0.3 is 11.1 Å². The van der Waals surface area contributed by atoms with Crippen molar-refractivity contribution in [2.24, 2.45) is 0 Å². The largest absolute Gasteiger partial charge is 0.399 e. The lowest BCUT2D eigenvalue weighted by Crippen LogP contribution is -2.21. The second-order valence-electron chi connectivity index (χ2n) is 11.7. The Morgan fingerprint density at radius 2 is 1.38 bits per heavy atom. The summed E-state index contributed by atoms with van der Waals surface area (Å²) in [5.74, 6) is 0. The van der Waals surface area contributed by atoms with E-state index >= 15 is 0 Å². The van der Waals surface area contributed by atoms with Crippen molar-refractivity contribution >= 4 is 11.4 Å². The van der Waals surface area contributed by atoms with Crippen LogP contribution in [0.1, 0.15) is 94.5 Å². The highest BCUT2D eigenvalue weighted by atomic mass is 14.8. The number of hydrogen-bond acceptors (Lipinski definition) is 3. The lowest BCUT2D eigenvalue weighted by Gasteiger charge is -2.30. The lowest BCUT2D eigenvalue weighted by molar-refractivity contribution is 0.392. The van der Waals surface area contributed by atoms with Crippen LogP contribution in [0.4, 0.5) is 11.4 Å². The van der Waals surface area contributed by atoms with E-state index in [1.165, 1.54) is 59.2 Å². The van der Waals surface area contributed by atoms with Crippen molar-refractivity contribution in [2.45, 2.75) is 92.4 Å². The van der Waals surface area contributed by atoms with Crippen molar-refractivity contribution in [2.75, 3.05) is 18.1 Å². The zero-order chi connectivity index (χ0) is 33.7. The van der Waals surface area contributed by atoms with Crippen LogP contribution in [-0.4, -0.2) is 7.05 Å². The summed E-state index contributed by atoms with van der Waals surface area (Å²) in [6, 6.07) is 33.3. The number of aryl methyl sites for hydroxylation is 3. The number of benzene rings is 4. The Labute approximate surface area is 275 Å². The maximum absolute atomic E-state index is 9.03. The molecule has 0 saturated carbocycles. The third kappa shape index (κ3) is 13.9. The number of nitrogens with zero attached hydrogens (tertiary/aromatic N) is 1. The van der Waals surface area contributed by atoms with Crippen LogP contribution in [0.3, 0.4) is 0 Å². The number of nitrogen functional groups attached to an aromatic ring is 1. The lowest BCUT2D eigenvalue weighted by atomic mass is 9.75. The Kier molecular flexibility index (Phi) is 18.4. The second-order valence-corrected chi connectivity index (χ2v) is 11.7. The molecule has 0 aliphatic carbocycles. The summed E-state index contributed by atoms with van der Waals surface area (Å²) in [6.45, 7) is 18.8. The van der Waals surface area contributed by atoms with Crippen LogP contribution in [0.2, 0.25) is 0 Å². The highest BCUT2D eigenvalue weighted by molar-refractivity contribution is 5.65. The molecular formula is C42H57N3. The van der Waals surface area contributed by atoms with E-state index in [1.807, 2.05) is 49.5 Å². The molecule has 0 fully saturated rings. The Morgan fingerprint density at radius 1 is 0.800 bits per heavy atom. The molecule has 3 N–H and O–H groups in total. The Morgan fingerprint density at radius 3 is 1.82 bits per heavy atom. The molecule has 0 amide bonds. The molecule has 0 aromatic heterocycles. The molecule has 4 aromatic rings. The molecule has 0 bridgehead atoms. The molecule has 45 heavy (non-hydrogen) atoms. The van der Waals surface area contributed by atoms with Gasteiger partial charge in [0.1, 0.15) is 0 Å². The van der Waals surface area contributed by atoms with Crippen molar-refractivity contribution in [3.8, 4) is 17.2 Å². The van der Waals surface area contributed by atoms with Gasteiger partial charge >= 0.3 is 0 Å². The predicted molar refractivity (Wildman–Crippen MR) is 200 cm³/mol. The van der Waals surface area contributed by atoms with Crippen LogP contribution in [0.15, 0.2) is 104 Å². The Balaban J connectivity index is 0.000000362. The summed E-state index contributed by atoms with van der Waals surface area (Å²) in [7, 11) is 1.94. The van der Waals surface area contributed by atoms with E-state index in [0.29, 0.717) is 5.56 Å². The quantitative estimate of drug-likeness (QED) is 0.148. The fourth-order valence-electron chi connectivity index (χ4n) is 5.33. The molecule has 4 aromatic carbocycles. The van der Waals surface area contributed by atoms with E-state index in [1.54, 1.807) is 0 Å². The summed E-state index contributed by atoms with van der Waals surface area (Å²) in [6.07, 6.45) is 8.85. The smallest absolute Gasteiger partial charge is 0.0991 e. The van der Waals surface area contributed by atoms with Crippen LogP contribution in [0, 0.1) is 25.2 Å². The highest BCUT2D eigenvalue weighted by Crippen LogP contribution is 2.35. The number of nitriles is 1. The van der Waals surface area contributed by atoms with Gasteiger partial charge in [-0.1, -0.05) is 114 Å². The van der Waals surface area contributed by atoms with E-state index < -0.39 is 0 Å². The van der Waals surface area contributed by atoms with Gasteiger partial charge in [0, 0.05) is 18.4 Å². The van der Waals surface area contributed by atoms with Gasteiger partial charge in [0.2, 0.25) is 0 Å². The van der Waals surface area contributed by atoms with Crippen LogP contribution < -0.4 is 11.1 Å². The molecule has 0 heterocycles. The van der Waals surface area contributed by atoms with Gasteiger partial charge in [-0.2, -0.15) is 5.26 Å². The van der Waals surface area contributed by atoms with Gasteiger partial charge in [-0.05, 0) is 109 Å². The van der Waals surface area contributed by atoms with Gasteiger partial charge in [0.15, 0.2) is 0 Å². The minimum Gasteiger partial charge on any atom is -0.399 e. The van der Waals surface area contributed by atoms with Gasteiger partial charge in [-0.25, -0.2) is 0 Å². The molecule has 4 rings (SSSR count). The van der Waals surface area contributed by atoms with Crippen LogP contribution in [-0.2, 0) is 11.8 Å². The van der Waals surface area contributed by atoms with Crippen LogP contribution in [0.25, 0.3) is 11.1 Å². The molecule has 0 saturated heterocycles. The minimum atomic E-state index is 0.274. The van der Waals surface area contributed by atoms with Gasteiger partial charge in [0.05, 0.1) is 11.6 Å². The summed E-state index contributed by atoms with van der Waals surface area (Å²) >= 11 is 0. The molecule has 0 spiro atoms. The summed E-state index contributed by atoms with van der Waals surface area (Å²) in [5.41, 5.74) is 16.3. The topological polar surface area (TPSA) is 61.8 Å². The number of nitrogens with two attached hydrogens (primary N) is 1. The molecule has 3 heteroatoms. The van der Waals surface area contributed by atoms with E-state index in [2.05, 4.69) is 121 Å². The summed E-state index contributed by atoms with van der Waals surface area (Å²) in [5, 5.41) is 12.1. The summed E-state index contributed by atoms with van der Waals surface area (Å²) < 4.78 is 0. The Bertz CT molecular complexity index is 1420. The molecule has 0 unspecified atom stereocenters. The number of anilines is 2. The predicted octanol–water partition coefficient (Wildman–Crippen LogP) is 11.8. The molecule has 0 radical (unpaired) electrons. The zero-order valence-electron chi connectivity index (χ0n) is 29.2.